The normalized spacial score (nSPS) is 19.9. The molecule has 3 heterocycles. The van der Waals surface area contributed by atoms with Gasteiger partial charge >= 0.3 is 0 Å². The third-order valence-corrected chi connectivity index (χ3v) is 6.19. The molecule has 156 valence electrons. The van der Waals surface area contributed by atoms with Gasteiger partial charge in [-0.2, -0.15) is 0 Å². The number of fused-ring (bicyclic) bond motifs is 1. The highest BCUT2D eigenvalue weighted by Crippen LogP contribution is 2.37. The first-order valence-corrected chi connectivity index (χ1v) is 10.9. The van der Waals surface area contributed by atoms with Crippen LogP contribution in [-0.2, 0) is 20.7 Å². The summed E-state index contributed by atoms with van der Waals surface area (Å²) in [4.78, 5) is 21.8. The number of thiazole rings is 1. The zero-order chi connectivity index (χ0) is 20.2. The number of aromatic nitrogens is 1. The maximum absolute atomic E-state index is 12.9. The Labute approximate surface area is 175 Å². The van der Waals surface area contributed by atoms with Crippen LogP contribution in [-0.4, -0.2) is 75.0 Å². The second-order valence-electron chi connectivity index (χ2n) is 7.26. The number of morpholine rings is 1. The van der Waals surface area contributed by atoms with Gasteiger partial charge in [0.05, 0.1) is 36.2 Å². The summed E-state index contributed by atoms with van der Waals surface area (Å²) in [7, 11) is 1.70. The van der Waals surface area contributed by atoms with E-state index in [0.29, 0.717) is 13.2 Å². The van der Waals surface area contributed by atoms with E-state index >= 15 is 0 Å². The molecule has 1 aromatic carbocycles. The van der Waals surface area contributed by atoms with Crippen LogP contribution >= 0.6 is 11.3 Å². The van der Waals surface area contributed by atoms with E-state index in [1.165, 1.54) is 0 Å². The maximum atomic E-state index is 12.9. The number of carbonyl (C=O) groups is 1. The number of ether oxygens (including phenoxy) is 3. The zero-order valence-corrected chi connectivity index (χ0v) is 17.7. The topological polar surface area (TPSA) is 64.1 Å². The van der Waals surface area contributed by atoms with Crippen LogP contribution in [0.25, 0.3) is 11.3 Å². The molecule has 1 atom stereocenters. The number of benzene rings is 1. The third-order valence-electron chi connectivity index (χ3n) is 5.28. The molecule has 7 nitrogen and oxygen atoms in total. The summed E-state index contributed by atoms with van der Waals surface area (Å²) < 4.78 is 16.4. The molecular formula is C21H27N3O4S. The number of rotatable bonds is 7. The standard InChI is InChI=1S/C21H27N3O4S/c1-15-21(25)24(7-6-23-8-11-27-12-9-23)18-13-16(3-4-19(18)28-15)17-14-29-20(22-17)5-10-26-2/h3-4,13-15H,5-12H2,1-2H3. The average molecular weight is 418 g/mol. The number of nitrogens with zero attached hydrogens (tertiary/aromatic N) is 3. The molecule has 29 heavy (non-hydrogen) atoms. The molecular weight excluding hydrogens is 390 g/mol. The van der Waals surface area contributed by atoms with Gasteiger partial charge in [0.15, 0.2) is 6.10 Å². The quantitative estimate of drug-likeness (QED) is 0.690. The van der Waals surface area contributed by atoms with Crippen LogP contribution in [0.3, 0.4) is 0 Å². The molecule has 8 heteroatoms. The van der Waals surface area contributed by atoms with Gasteiger partial charge in [0.25, 0.3) is 5.91 Å². The number of methoxy groups -OCH3 is 1. The van der Waals surface area contributed by atoms with Crippen LogP contribution < -0.4 is 9.64 Å². The van der Waals surface area contributed by atoms with Gasteiger partial charge in [-0.1, -0.05) is 0 Å². The van der Waals surface area contributed by atoms with Crippen molar-refractivity contribution in [1.82, 2.24) is 9.88 Å². The van der Waals surface area contributed by atoms with Gasteiger partial charge in [0.1, 0.15) is 5.75 Å². The second kappa shape index (κ2) is 9.21. The molecule has 4 rings (SSSR count). The molecule has 2 aromatic rings. The van der Waals surface area contributed by atoms with Crippen molar-refractivity contribution in [2.24, 2.45) is 0 Å². The minimum absolute atomic E-state index is 0.00182. The van der Waals surface area contributed by atoms with Crippen molar-refractivity contribution in [2.75, 3.05) is 58.0 Å². The van der Waals surface area contributed by atoms with Crippen molar-refractivity contribution in [2.45, 2.75) is 19.4 Å². The first kappa shape index (κ1) is 20.3. The molecule has 2 aliphatic rings. The first-order chi connectivity index (χ1) is 14.2. The molecule has 1 saturated heterocycles. The largest absolute Gasteiger partial charge is 0.479 e. The predicted molar refractivity (Wildman–Crippen MR) is 113 cm³/mol. The van der Waals surface area contributed by atoms with Gasteiger partial charge in [-0.15, -0.1) is 11.3 Å². The highest BCUT2D eigenvalue weighted by atomic mass is 32.1. The van der Waals surface area contributed by atoms with Crippen LogP contribution in [0.2, 0.25) is 0 Å². The fraction of sp³-hybridized carbons (Fsp3) is 0.524. The van der Waals surface area contributed by atoms with E-state index in [4.69, 9.17) is 19.2 Å². The fourth-order valence-corrected chi connectivity index (χ4v) is 4.40. The van der Waals surface area contributed by atoms with Gasteiger partial charge < -0.3 is 19.1 Å². The number of anilines is 1. The lowest BCUT2D eigenvalue weighted by atomic mass is 10.1. The van der Waals surface area contributed by atoms with Crippen molar-refractivity contribution in [3.8, 4) is 17.0 Å². The Hall–Kier alpha value is -2.00. The minimum Gasteiger partial charge on any atom is -0.479 e. The van der Waals surface area contributed by atoms with Crippen LogP contribution in [0.15, 0.2) is 23.6 Å². The summed E-state index contributed by atoms with van der Waals surface area (Å²) >= 11 is 1.63. The van der Waals surface area contributed by atoms with Crippen molar-refractivity contribution in [3.63, 3.8) is 0 Å². The SMILES string of the molecule is COCCc1nc(-c2ccc3c(c2)N(CCN2CCOCC2)C(=O)C(C)O3)cs1. The molecule has 0 N–H and O–H groups in total. The summed E-state index contributed by atoms with van der Waals surface area (Å²) in [5.41, 5.74) is 2.74. The summed E-state index contributed by atoms with van der Waals surface area (Å²) in [5.74, 6) is 0.750. The monoisotopic (exact) mass is 417 g/mol. The van der Waals surface area contributed by atoms with E-state index in [0.717, 1.165) is 67.0 Å². The van der Waals surface area contributed by atoms with Crippen molar-refractivity contribution >= 4 is 22.9 Å². The van der Waals surface area contributed by atoms with Gasteiger partial charge in [0.2, 0.25) is 0 Å². The molecule has 1 amide bonds. The second-order valence-corrected chi connectivity index (χ2v) is 8.20. The smallest absolute Gasteiger partial charge is 0.267 e. The summed E-state index contributed by atoms with van der Waals surface area (Å²) in [6, 6.07) is 5.98. The van der Waals surface area contributed by atoms with E-state index in [1.807, 2.05) is 30.0 Å². The molecule has 2 aliphatic heterocycles. The van der Waals surface area contributed by atoms with Gasteiger partial charge in [-0.25, -0.2) is 4.98 Å². The van der Waals surface area contributed by atoms with Gasteiger partial charge in [-0.3, -0.25) is 9.69 Å². The molecule has 1 unspecified atom stereocenters. The van der Waals surface area contributed by atoms with Crippen molar-refractivity contribution in [3.05, 3.63) is 28.6 Å². The summed E-state index contributed by atoms with van der Waals surface area (Å²) in [5, 5.41) is 3.10. The Morgan fingerprint density at radius 3 is 2.90 bits per heavy atom. The number of amides is 1. The molecule has 0 radical (unpaired) electrons. The van der Waals surface area contributed by atoms with Crippen molar-refractivity contribution < 1.29 is 19.0 Å². The average Bonchev–Trinajstić information content (AvgIpc) is 3.22. The van der Waals surface area contributed by atoms with E-state index < -0.39 is 6.10 Å². The Kier molecular flexibility index (Phi) is 6.44. The van der Waals surface area contributed by atoms with E-state index in [9.17, 15) is 4.79 Å². The fourth-order valence-electron chi connectivity index (χ4n) is 3.61. The van der Waals surface area contributed by atoms with Crippen LogP contribution in [0.1, 0.15) is 11.9 Å². The lowest BCUT2D eigenvalue weighted by Gasteiger charge is -2.35. The zero-order valence-electron chi connectivity index (χ0n) is 16.9. The van der Waals surface area contributed by atoms with Crippen molar-refractivity contribution in [1.29, 1.82) is 0 Å². The Balaban J connectivity index is 1.55. The van der Waals surface area contributed by atoms with Gasteiger partial charge in [-0.05, 0) is 25.1 Å². The third kappa shape index (κ3) is 4.61. The van der Waals surface area contributed by atoms with Crippen LogP contribution in [0.5, 0.6) is 5.75 Å². The van der Waals surface area contributed by atoms with Crippen LogP contribution in [0, 0.1) is 0 Å². The Morgan fingerprint density at radius 2 is 2.10 bits per heavy atom. The van der Waals surface area contributed by atoms with E-state index in [2.05, 4.69) is 10.3 Å². The maximum Gasteiger partial charge on any atom is 0.267 e. The number of hydrogen-bond donors (Lipinski definition) is 0. The lowest BCUT2D eigenvalue weighted by Crippen LogP contribution is -2.48. The molecule has 0 saturated carbocycles. The number of hydrogen-bond acceptors (Lipinski definition) is 7. The highest BCUT2D eigenvalue weighted by molar-refractivity contribution is 7.09. The Morgan fingerprint density at radius 1 is 1.28 bits per heavy atom. The molecule has 0 aliphatic carbocycles. The molecule has 0 spiro atoms. The molecule has 1 aromatic heterocycles. The number of carbonyl (C=O) groups excluding carboxylic acids is 1. The van der Waals surface area contributed by atoms with Crippen LogP contribution in [0.4, 0.5) is 5.69 Å². The minimum atomic E-state index is -0.474. The first-order valence-electron chi connectivity index (χ1n) is 10.0. The predicted octanol–water partition coefficient (Wildman–Crippen LogP) is 2.45. The van der Waals surface area contributed by atoms with Gasteiger partial charge in [0, 0.05) is 50.7 Å². The summed E-state index contributed by atoms with van der Waals surface area (Å²) in [6.45, 7) is 7.25. The van der Waals surface area contributed by atoms with E-state index in [1.54, 1.807) is 18.4 Å². The lowest BCUT2D eigenvalue weighted by molar-refractivity contribution is -0.125. The van der Waals surface area contributed by atoms with E-state index in [-0.39, 0.29) is 5.91 Å². The summed E-state index contributed by atoms with van der Waals surface area (Å²) in [6.07, 6.45) is 0.328. The molecule has 0 bridgehead atoms. The Bertz CT molecular complexity index is 850. The highest BCUT2D eigenvalue weighted by Gasteiger charge is 2.32. The molecule has 1 fully saturated rings.